The highest BCUT2D eigenvalue weighted by molar-refractivity contribution is 8.18. The van der Waals surface area contributed by atoms with Gasteiger partial charge in [0.15, 0.2) is 5.17 Å². The minimum atomic E-state index is -0.0000619. The Balaban J connectivity index is 1.99. The van der Waals surface area contributed by atoms with Gasteiger partial charge in [-0.15, -0.1) is 0 Å². The lowest BCUT2D eigenvalue weighted by atomic mass is 9.87. The molecule has 0 N–H and O–H groups in total. The third-order valence-electron chi connectivity index (χ3n) is 4.94. The maximum Gasteiger partial charge on any atom is 0.266 e. The molecule has 0 saturated carbocycles. The van der Waals surface area contributed by atoms with Crippen molar-refractivity contribution < 1.29 is 4.79 Å². The van der Waals surface area contributed by atoms with Crippen LogP contribution in [0.4, 0.5) is 0 Å². The molecule has 3 rings (SSSR count). The third-order valence-corrected chi connectivity index (χ3v) is 6.09. The van der Waals surface area contributed by atoms with Gasteiger partial charge in [0.2, 0.25) is 0 Å². The summed E-state index contributed by atoms with van der Waals surface area (Å²) in [6.07, 6.45) is 1.98. The number of aliphatic imine (C=N–C) groups is 1. The number of carbonyl (C=O) groups is 1. The molecule has 2 heterocycles. The van der Waals surface area contributed by atoms with E-state index in [9.17, 15) is 4.79 Å². The summed E-state index contributed by atoms with van der Waals surface area (Å²) in [5.74, 6) is -0.0000619. The predicted octanol–water partition coefficient (Wildman–Crippen LogP) is 4.92. The number of carbonyl (C=O) groups excluding carboxylic acids is 1. The van der Waals surface area contributed by atoms with Crippen molar-refractivity contribution in [1.82, 2.24) is 9.47 Å². The Morgan fingerprint density at radius 2 is 1.74 bits per heavy atom. The molecule has 0 aliphatic carbocycles. The van der Waals surface area contributed by atoms with E-state index in [4.69, 9.17) is 0 Å². The highest BCUT2D eigenvalue weighted by Crippen LogP contribution is 2.33. The first-order valence-corrected chi connectivity index (χ1v) is 9.89. The van der Waals surface area contributed by atoms with E-state index in [0.29, 0.717) is 4.91 Å². The van der Waals surface area contributed by atoms with Gasteiger partial charge in [0.25, 0.3) is 5.91 Å². The molecule has 142 valence electrons. The fraction of sp³-hybridized carbons (Fsp3) is 0.364. The summed E-state index contributed by atoms with van der Waals surface area (Å²) >= 11 is 1.42. The highest BCUT2D eigenvalue weighted by atomic mass is 32.2. The van der Waals surface area contributed by atoms with Gasteiger partial charge in [-0.25, -0.2) is 0 Å². The molecule has 1 aromatic carbocycles. The number of hydrogen-bond acceptors (Lipinski definition) is 3. The molecule has 1 aromatic heterocycles. The number of nitrogens with zero attached hydrogens (tertiary/aromatic N) is 3. The van der Waals surface area contributed by atoms with Crippen molar-refractivity contribution in [3.05, 3.63) is 57.8 Å². The third kappa shape index (κ3) is 3.61. The molecule has 27 heavy (non-hydrogen) atoms. The van der Waals surface area contributed by atoms with E-state index in [-0.39, 0.29) is 11.3 Å². The quantitative estimate of drug-likeness (QED) is 0.692. The summed E-state index contributed by atoms with van der Waals surface area (Å²) in [5.41, 5.74) is 5.94. The fourth-order valence-electron chi connectivity index (χ4n) is 3.33. The molecule has 4 nitrogen and oxygen atoms in total. The van der Waals surface area contributed by atoms with Crippen LogP contribution in [0.15, 0.2) is 40.2 Å². The zero-order valence-electron chi connectivity index (χ0n) is 17.1. The molecule has 0 radical (unpaired) electrons. The molecule has 1 amide bonds. The summed E-state index contributed by atoms with van der Waals surface area (Å²) in [5, 5.41) is 0.734. The zero-order valence-corrected chi connectivity index (χ0v) is 17.9. The van der Waals surface area contributed by atoms with Gasteiger partial charge in [-0.1, -0.05) is 32.9 Å². The molecule has 0 atom stereocenters. The van der Waals surface area contributed by atoms with Crippen LogP contribution in [-0.4, -0.2) is 34.6 Å². The summed E-state index contributed by atoms with van der Waals surface area (Å²) < 4.78 is 2.24. The lowest BCUT2D eigenvalue weighted by Crippen LogP contribution is -2.23. The molecule has 1 fully saturated rings. The van der Waals surface area contributed by atoms with Crippen molar-refractivity contribution in [3.63, 3.8) is 0 Å². The second-order valence-corrected chi connectivity index (χ2v) is 8.95. The van der Waals surface area contributed by atoms with Gasteiger partial charge in [-0.05, 0) is 66.4 Å². The molecule has 0 bridgehead atoms. The number of amidine groups is 1. The van der Waals surface area contributed by atoms with Crippen LogP contribution in [0.25, 0.3) is 11.8 Å². The largest absolute Gasteiger partial charge is 0.318 e. The normalized spacial score (nSPS) is 18.2. The molecule has 1 aliphatic heterocycles. The van der Waals surface area contributed by atoms with Crippen LogP contribution in [0.1, 0.15) is 43.3 Å². The first kappa shape index (κ1) is 19.5. The van der Waals surface area contributed by atoms with Crippen LogP contribution in [0.3, 0.4) is 0 Å². The zero-order chi connectivity index (χ0) is 19.9. The Hall–Kier alpha value is -2.27. The van der Waals surface area contributed by atoms with E-state index < -0.39 is 0 Å². The lowest BCUT2D eigenvalue weighted by Gasteiger charge is -2.20. The van der Waals surface area contributed by atoms with Crippen molar-refractivity contribution >= 4 is 28.9 Å². The minimum Gasteiger partial charge on any atom is -0.318 e. The van der Waals surface area contributed by atoms with Crippen LogP contribution >= 0.6 is 11.8 Å². The predicted molar refractivity (Wildman–Crippen MR) is 116 cm³/mol. The fourth-order valence-corrected chi connectivity index (χ4v) is 4.25. The molecule has 1 aliphatic rings. The van der Waals surface area contributed by atoms with Crippen LogP contribution in [0.5, 0.6) is 0 Å². The van der Waals surface area contributed by atoms with Crippen LogP contribution in [0, 0.1) is 13.8 Å². The molecular formula is C22H27N3OS. The Morgan fingerprint density at radius 3 is 2.26 bits per heavy atom. The van der Waals surface area contributed by atoms with E-state index in [2.05, 4.69) is 74.5 Å². The highest BCUT2D eigenvalue weighted by Gasteiger charge is 2.30. The standard InChI is InChI=1S/C22H27N3OS/c1-14-12-16(13-19-20(26)24(7)21(23-6)27-19)15(2)25(14)18-10-8-17(9-11-18)22(3,4)5/h8-13H,1-7H3/b19-13-,23-21?. The summed E-state index contributed by atoms with van der Waals surface area (Å²) in [7, 11) is 3.47. The number of amides is 1. The van der Waals surface area contributed by atoms with Gasteiger partial charge in [-0.3, -0.25) is 14.7 Å². The van der Waals surface area contributed by atoms with Gasteiger partial charge < -0.3 is 4.57 Å². The second kappa shape index (κ2) is 7.04. The van der Waals surface area contributed by atoms with E-state index in [0.717, 1.165) is 27.8 Å². The van der Waals surface area contributed by atoms with Crippen molar-refractivity contribution in [2.24, 2.45) is 4.99 Å². The number of hydrogen-bond donors (Lipinski definition) is 0. The van der Waals surface area contributed by atoms with E-state index in [1.165, 1.54) is 17.3 Å². The maximum atomic E-state index is 12.4. The summed E-state index contributed by atoms with van der Waals surface area (Å²) in [6, 6.07) is 10.9. The number of benzene rings is 1. The van der Waals surface area contributed by atoms with Crippen molar-refractivity contribution in [1.29, 1.82) is 0 Å². The average molecular weight is 382 g/mol. The number of thioether (sulfide) groups is 1. The molecule has 1 saturated heterocycles. The molecule has 2 aromatic rings. The average Bonchev–Trinajstić information content (AvgIpc) is 3.04. The molecule has 0 spiro atoms. The number of aryl methyl sites for hydroxylation is 1. The number of likely N-dealkylation sites (N-methyl/N-ethyl adjacent to an activating group) is 1. The SMILES string of the molecule is CN=C1S/C(=C\c2cc(C)n(-c3ccc(C(C)(C)C)cc3)c2C)C(=O)N1C. The smallest absolute Gasteiger partial charge is 0.266 e. The van der Waals surface area contributed by atoms with E-state index >= 15 is 0 Å². The number of rotatable bonds is 2. The second-order valence-electron chi connectivity index (χ2n) is 7.94. The monoisotopic (exact) mass is 381 g/mol. The Labute approximate surface area is 166 Å². The Morgan fingerprint density at radius 1 is 1.11 bits per heavy atom. The Kier molecular flexibility index (Phi) is 5.08. The lowest BCUT2D eigenvalue weighted by molar-refractivity contribution is -0.121. The van der Waals surface area contributed by atoms with Gasteiger partial charge in [0, 0.05) is 31.2 Å². The minimum absolute atomic E-state index is 0.0000619. The molecule has 0 unspecified atom stereocenters. The van der Waals surface area contributed by atoms with Gasteiger partial charge >= 0.3 is 0 Å². The Bertz CT molecular complexity index is 943. The van der Waals surface area contributed by atoms with E-state index in [1.807, 2.05) is 6.08 Å². The topological polar surface area (TPSA) is 37.6 Å². The van der Waals surface area contributed by atoms with Gasteiger partial charge in [0.05, 0.1) is 4.91 Å². The van der Waals surface area contributed by atoms with Crippen molar-refractivity contribution in [2.45, 2.75) is 40.0 Å². The van der Waals surface area contributed by atoms with Crippen LogP contribution in [-0.2, 0) is 10.2 Å². The van der Waals surface area contributed by atoms with Crippen molar-refractivity contribution in [2.75, 3.05) is 14.1 Å². The molecular weight excluding hydrogens is 354 g/mol. The van der Waals surface area contributed by atoms with Gasteiger partial charge in [-0.2, -0.15) is 0 Å². The van der Waals surface area contributed by atoms with E-state index in [1.54, 1.807) is 19.0 Å². The first-order chi connectivity index (χ1) is 12.6. The van der Waals surface area contributed by atoms with Crippen molar-refractivity contribution in [3.8, 4) is 5.69 Å². The summed E-state index contributed by atoms with van der Waals surface area (Å²) in [4.78, 5) is 18.9. The first-order valence-electron chi connectivity index (χ1n) is 9.07. The van der Waals surface area contributed by atoms with Crippen LogP contribution in [0.2, 0.25) is 0 Å². The summed E-state index contributed by atoms with van der Waals surface area (Å²) in [6.45, 7) is 10.9. The number of aromatic nitrogens is 1. The van der Waals surface area contributed by atoms with Gasteiger partial charge in [0.1, 0.15) is 0 Å². The maximum absolute atomic E-state index is 12.4. The molecule has 5 heteroatoms. The van der Waals surface area contributed by atoms with Crippen LogP contribution < -0.4 is 0 Å².